The fourth-order valence-electron chi connectivity index (χ4n) is 2.92. The van der Waals surface area contributed by atoms with Crippen LogP contribution in [0.25, 0.3) is 38.4 Å². The Kier molecular flexibility index (Phi) is 2.37. The molecule has 0 aliphatic heterocycles. The highest BCUT2D eigenvalue weighted by Crippen LogP contribution is 2.29. The lowest BCUT2D eigenvalue weighted by molar-refractivity contribution is 1.74. The molecule has 4 aromatic carbocycles. The second kappa shape index (κ2) is 4.21. The summed E-state index contributed by atoms with van der Waals surface area (Å²) in [6.45, 7) is 3.91. The van der Waals surface area contributed by atoms with Crippen molar-refractivity contribution in [2.45, 2.75) is 0 Å². The van der Waals surface area contributed by atoms with Crippen LogP contribution in [0.4, 0.5) is 0 Å². The van der Waals surface area contributed by atoms with E-state index in [0.717, 1.165) is 0 Å². The summed E-state index contributed by atoms with van der Waals surface area (Å²) in [6, 6.07) is 23.9. The minimum atomic E-state index is 1.19. The van der Waals surface area contributed by atoms with Gasteiger partial charge in [-0.25, -0.2) is 0 Å². The summed E-state index contributed by atoms with van der Waals surface area (Å²) in [4.78, 5) is 0. The molecule has 0 atom stereocenters. The highest BCUT2D eigenvalue weighted by molar-refractivity contribution is 6.06. The fourth-order valence-corrected chi connectivity index (χ4v) is 2.92. The van der Waals surface area contributed by atoms with E-state index in [1.807, 2.05) is 6.08 Å². The molecule has 0 fully saturated rings. The molecule has 0 saturated heterocycles. The lowest BCUT2D eigenvalue weighted by atomic mass is 9.97. The molecule has 0 aromatic heterocycles. The summed E-state index contributed by atoms with van der Waals surface area (Å²) in [5, 5.41) is 7.69. The fraction of sp³-hybridized carbons (Fsp3) is 0. The van der Waals surface area contributed by atoms with E-state index >= 15 is 0 Å². The van der Waals surface area contributed by atoms with Gasteiger partial charge in [0.25, 0.3) is 0 Å². The Hall–Kier alpha value is -2.60. The van der Waals surface area contributed by atoms with Crippen molar-refractivity contribution in [1.29, 1.82) is 0 Å². The van der Waals surface area contributed by atoms with Crippen molar-refractivity contribution in [1.82, 2.24) is 0 Å². The van der Waals surface area contributed by atoms with E-state index in [1.165, 1.54) is 37.9 Å². The van der Waals surface area contributed by atoms with Gasteiger partial charge in [0, 0.05) is 0 Å². The molecule has 0 nitrogen and oxygen atoms in total. The summed E-state index contributed by atoms with van der Waals surface area (Å²) in [6.07, 6.45) is 1.93. The van der Waals surface area contributed by atoms with Crippen molar-refractivity contribution in [2.75, 3.05) is 0 Å². The van der Waals surface area contributed by atoms with Crippen LogP contribution in [-0.2, 0) is 0 Å². The molecule has 0 bridgehead atoms. The minimum absolute atomic E-state index is 1.19. The zero-order valence-corrected chi connectivity index (χ0v) is 11.1. The van der Waals surface area contributed by atoms with E-state index < -0.39 is 0 Å². The smallest absolute Gasteiger partial charge is 0.0105 e. The average molecular weight is 254 g/mol. The summed E-state index contributed by atoms with van der Waals surface area (Å²) < 4.78 is 0. The molecular weight excluding hydrogens is 240 g/mol. The second-order valence-electron chi connectivity index (χ2n) is 5.17. The molecule has 94 valence electrons. The number of benzene rings is 4. The van der Waals surface area contributed by atoms with Gasteiger partial charge in [-0.3, -0.25) is 0 Å². The number of rotatable bonds is 1. The van der Waals surface area contributed by atoms with Crippen LogP contribution < -0.4 is 0 Å². The van der Waals surface area contributed by atoms with Crippen LogP contribution in [-0.4, -0.2) is 0 Å². The Morgan fingerprint density at radius 1 is 0.600 bits per heavy atom. The molecule has 0 N–H and O–H groups in total. The van der Waals surface area contributed by atoms with Crippen molar-refractivity contribution in [2.24, 2.45) is 0 Å². The van der Waals surface area contributed by atoms with Crippen LogP contribution in [0.2, 0.25) is 0 Å². The van der Waals surface area contributed by atoms with Gasteiger partial charge in [0.05, 0.1) is 0 Å². The van der Waals surface area contributed by atoms with Crippen LogP contribution in [0.15, 0.2) is 73.3 Å². The number of hydrogen-bond donors (Lipinski definition) is 0. The van der Waals surface area contributed by atoms with Gasteiger partial charge in [-0.2, -0.15) is 0 Å². The van der Waals surface area contributed by atoms with Gasteiger partial charge in [-0.05, 0) is 62.1 Å². The standard InChI is InChI=1S/C20H14/c1-2-14-8-5-9-17-12-18-10-15-6-3-4-7-16(15)11-19(18)13-20(14)17/h2-13H,1H2. The van der Waals surface area contributed by atoms with Crippen LogP contribution >= 0.6 is 0 Å². The first-order chi connectivity index (χ1) is 9.85. The van der Waals surface area contributed by atoms with Gasteiger partial charge in [0.2, 0.25) is 0 Å². The van der Waals surface area contributed by atoms with E-state index in [2.05, 4.69) is 73.3 Å². The van der Waals surface area contributed by atoms with Crippen molar-refractivity contribution in [3.05, 3.63) is 78.9 Å². The molecule has 4 aromatic rings. The quantitative estimate of drug-likeness (QED) is 0.377. The zero-order chi connectivity index (χ0) is 13.5. The summed E-state index contributed by atoms with van der Waals surface area (Å²) in [5.74, 6) is 0. The maximum atomic E-state index is 3.91. The third-order valence-electron chi connectivity index (χ3n) is 3.96. The van der Waals surface area contributed by atoms with Gasteiger partial charge in [0.1, 0.15) is 0 Å². The Morgan fingerprint density at radius 2 is 1.20 bits per heavy atom. The molecule has 4 rings (SSSR count). The van der Waals surface area contributed by atoms with Crippen molar-refractivity contribution < 1.29 is 0 Å². The SMILES string of the molecule is C=Cc1cccc2cc3cc4ccccc4cc3cc12. The first-order valence-corrected chi connectivity index (χ1v) is 6.83. The maximum absolute atomic E-state index is 3.91. The molecule has 0 heteroatoms. The van der Waals surface area contributed by atoms with Crippen LogP contribution in [0, 0.1) is 0 Å². The van der Waals surface area contributed by atoms with Gasteiger partial charge in [0.15, 0.2) is 0 Å². The molecule has 0 unspecified atom stereocenters. The van der Waals surface area contributed by atoms with Crippen LogP contribution in [0.1, 0.15) is 5.56 Å². The molecule has 0 aliphatic carbocycles. The maximum Gasteiger partial charge on any atom is -0.0105 e. The predicted octanol–water partition coefficient (Wildman–Crippen LogP) is 5.79. The minimum Gasteiger partial charge on any atom is -0.0984 e. The average Bonchev–Trinajstić information content (AvgIpc) is 2.50. The predicted molar refractivity (Wildman–Crippen MR) is 89.1 cm³/mol. The van der Waals surface area contributed by atoms with Crippen molar-refractivity contribution in [3.63, 3.8) is 0 Å². The van der Waals surface area contributed by atoms with E-state index in [1.54, 1.807) is 0 Å². The van der Waals surface area contributed by atoms with Gasteiger partial charge in [-0.1, -0.05) is 55.1 Å². The highest BCUT2D eigenvalue weighted by Gasteiger charge is 2.02. The first-order valence-electron chi connectivity index (χ1n) is 6.83. The Bertz CT molecular complexity index is 961. The number of hydrogen-bond acceptors (Lipinski definition) is 0. The molecule has 20 heavy (non-hydrogen) atoms. The Labute approximate surface area is 118 Å². The van der Waals surface area contributed by atoms with E-state index in [0.29, 0.717) is 0 Å². The van der Waals surface area contributed by atoms with Gasteiger partial charge >= 0.3 is 0 Å². The van der Waals surface area contributed by atoms with Crippen molar-refractivity contribution in [3.8, 4) is 0 Å². The van der Waals surface area contributed by atoms with Gasteiger partial charge in [-0.15, -0.1) is 0 Å². The molecule has 0 aliphatic rings. The molecule has 0 spiro atoms. The lowest BCUT2D eigenvalue weighted by Crippen LogP contribution is -1.81. The van der Waals surface area contributed by atoms with Gasteiger partial charge < -0.3 is 0 Å². The molecule has 0 amide bonds. The van der Waals surface area contributed by atoms with E-state index in [9.17, 15) is 0 Å². The molecular formula is C20H14. The largest absolute Gasteiger partial charge is 0.0984 e. The monoisotopic (exact) mass is 254 g/mol. The first kappa shape index (κ1) is 11.2. The summed E-state index contributed by atoms with van der Waals surface area (Å²) in [7, 11) is 0. The highest BCUT2D eigenvalue weighted by atomic mass is 14.1. The van der Waals surface area contributed by atoms with Crippen LogP contribution in [0.5, 0.6) is 0 Å². The Morgan fingerprint density at radius 3 is 1.90 bits per heavy atom. The third-order valence-corrected chi connectivity index (χ3v) is 3.96. The normalized spacial score (nSPS) is 11.2. The van der Waals surface area contributed by atoms with Crippen LogP contribution in [0.3, 0.4) is 0 Å². The van der Waals surface area contributed by atoms with E-state index in [-0.39, 0.29) is 0 Å². The second-order valence-corrected chi connectivity index (χ2v) is 5.17. The van der Waals surface area contributed by atoms with Crippen molar-refractivity contribution >= 4 is 38.4 Å². The topological polar surface area (TPSA) is 0 Å². The summed E-state index contributed by atoms with van der Waals surface area (Å²) >= 11 is 0. The lowest BCUT2D eigenvalue weighted by Gasteiger charge is -2.07. The zero-order valence-electron chi connectivity index (χ0n) is 11.1. The molecule has 0 radical (unpaired) electrons. The third kappa shape index (κ3) is 1.62. The Balaban J connectivity index is 2.18. The molecule has 0 heterocycles. The number of fused-ring (bicyclic) bond motifs is 3. The summed E-state index contributed by atoms with van der Waals surface area (Å²) in [5.41, 5.74) is 1.19. The molecule has 0 saturated carbocycles. The van der Waals surface area contributed by atoms with E-state index in [4.69, 9.17) is 0 Å².